The summed E-state index contributed by atoms with van der Waals surface area (Å²) in [4.78, 5) is 0. The second-order valence-corrected chi connectivity index (χ2v) is 6.84. The normalized spacial score (nSPS) is 10.8. The zero-order valence-corrected chi connectivity index (χ0v) is 15.7. The molecule has 2 aromatic rings. The van der Waals surface area contributed by atoms with E-state index in [0.717, 1.165) is 0 Å². The first-order valence-corrected chi connectivity index (χ1v) is 8.09. The SMILES string of the molecule is Nc1c(N)c(I)c(N)c(-c2c(N)c(N)c(N)c(I)c2N)c1N. The first-order chi connectivity index (χ1) is 10.1. The fraction of sp³-hybridized carbons (Fsp3) is 0. The van der Waals surface area contributed by atoms with Crippen LogP contribution in [0.4, 0.5) is 45.5 Å². The number of nitrogen functional groups attached to an aromatic ring is 8. The molecule has 0 aromatic heterocycles. The Morgan fingerprint density at radius 2 is 0.636 bits per heavy atom. The number of rotatable bonds is 1. The van der Waals surface area contributed by atoms with Gasteiger partial charge in [-0.05, 0) is 45.2 Å². The lowest BCUT2D eigenvalue weighted by Gasteiger charge is -2.21. The molecule has 0 bridgehead atoms. The van der Waals surface area contributed by atoms with Crippen molar-refractivity contribution in [2.24, 2.45) is 0 Å². The van der Waals surface area contributed by atoms with E-state index in [1.54, 1.807) is 0 Å². The number of hydrogen-bond donors (Lipinski definition) is 8. The van der Waals surface area contributed by atoms with Gasteiger partial charge in [0.15, 0.2) is 0 Å². The summed E-state index contributed by atoms with van der Waals surface area (Å²) in [6.45, 7) is 0. The number of halogens is 2. The minimum Gasteiger partial charge on any atom is -0.397 e. The van der Waals surface area contributed by atoms with Gasteiger partial charge in [0.1, 0.15) is 0 Å². The number of hydrogen-bond acceptors (Lipinski definition) is 8. The molecule has 10 heteroatoms. The minimum absolute atomic E-state index is 0.203. The molecule has 2 rings (SSSR count). The quantitative estimate of drug-likeness (QED) is 0.200. The largest absolute Gasteiger partial charge is 0.397 e. The van der Waals surface area contributed by atoms with Gasteiger partial charge in [0.05, 0.1) is 52.6 Å². The minimum atomic E-state index is 0.203. The molecule has 0 saturated carbocycles. The van der Waals surface area contributed by atoms with Gasteiger partial charge in [-0.2, -0.15) is 0 Å². The molecular weight excluding hydrogens is 510 g/mol. The van der Waals surface area contributed by atoms with Crippen LogP contribution in [0, 0.1) is 7.14 Å². The number of benzene rings is 2. The van der Waals surface area contributed by atoms with Gasteiger partial charge in [0, 0.05) is 11.1 Å². The highest BCUT2D eigenvalue weighted by Gasteiger charge is 2.24. The van der Waals surface area contributed by atoms with Gasteiger partial charge < -0.3 is 45.9 Å². The third kappa shape index (κ3) is 2.16. The summed E-state index contributed by atoms with van der Waals surface area (Å²) in [5.41, 5.74) is 51.1. The molecule has 0 spiro atoms. The molecule has 22 heavy (non-hydrogen) atoms. The topological polar surface area (TPSA) is 208 Å². The molecule has 0 radical (unpaired) electrons. The van der Waals surface area contributed by atoms with Gasteiger partial charge in [0.2, 0.25) is 0 Å². The van der Waals surface area contributed by atoms with Crippen LogP contribution >= 0.6 is 45.2 Å². The summed E-state index contributed by atoms with van der Waals surface area (Å²) in [7, 11) is 0. The molecule has 8 nitrogen and oxygen atoms in total. The smallest absolute Gasteiger partial charge is 0.0800 e. The predicted octanol–water partition coefficient (Wildman–Crippen LogP) is 1.22. The molecular formula is C12H16I2N8. The Labute approximate surface area is 154 Å². The highest BCUT2D eigenvalue weighted by atomic mass is 127. The third-order valence-corrected chi connectivity index (χ3v) is 5.76. The fourth-order valence-corrected chi connectivity index (χ4v) is 3.25. The van der Waals surface area contributed by atoms with Gasteiger partial charge in [-0.1, -0.05) is 0 Å². The van der Waals surface area contributed by atoms with E-state index in [9.17, 15) is 0 Å². The molecule has 118 valence electrons. The van der Waals surface area contributed by atoms with Crippen LogP contribution in [0.15, 0.2) is 0 Å². The molecule has 0 unspecified atom stereocenters. The van der Waals surface area contributed by atoms with Crippen molar-refractivity contribution in [2.75, 3.05) is 45.9 Å². The Kier molecular flexibility index (Phi) is 4.16. The van der Waals surface area contributed by atoms with Gasteiger partial charge in [-0.15, -0.1) is 0 Å². The Morgan fingerprint density at radius 1 is 0.364 bits per heavy atom. The van der Waals surface area contributed by atoms with Crippen molar-refractivity contribution in [3.8, 4) is 11.1 Å². The molecule has 0 fully saturated rings. The maximum atomic E-state index is 6.15. The summed E-state index contributed by atoms with van der Waals surface area (Å²) >= 11 is 3.97. The highest BCUT2D eigenvalue weighted by molar-refractivity contribution is 14.1. The monoisotopic (exact) mass is 526 g/mol. The van der Waals surface area contributed by atoms with E-state index in [2.05, 4.69) is 0 Å². The summed E-state index contributed by atoms with van der Waals surface area (Å²) in [5.74, 6) is 0. The van der Waals surface area contributed by atoms with Crippen LogP contribution in [-0.2, 0) is 0 Å². The van der Waals surface area contributed by atoms with Crippen LogP contribution in [-0.4, -0.2) is 0 Å². The lowest BCUT2D eigenvalue weighted by molar-refractivity contribution is 1.54. The second-order valence-electron chi connectivity index (χ2n) is 4.69. The molecule has 0 saturated heterocycles. The summed E-state index contributed by atoms with van der Waals surface area (Å²) in [6, 6.07) is 0. The third-order valence-electron chi connectivity index (χ3n) is 3.43. The van der Waals surface area contributed by atoms with Crippen LogP contribution in [0.25, 0.3) is 11.1 Å². The standard InChI is InChI=1S/C12H16I2N8/c13-3-5(15)1(7(17)11(21)9(3)19)2-6(16)4(14)10(20)12(22)8(2)18/h15-22H2. The van der Waals surface area contributed by atoms with Crippen molar-refractivity contribution in [2.45, 2.75) is 0 Å². The van der Waals surface area contributed by atoms with Crippen LogP contribution in [0.5, 0.6) is 0 Å². The van der Waals surface area contributed by atoms with E-state index >= 15 is 0 Å². The van der Waals surface area contributed by atoms with E-state index in [-0.39, 0.29) is 22.7 Å². The van der Waals surface area contributed by atoms with Crippen LogP contribution in [0.3, 0.4) is 0 Å². The van der Waals surface area contributed by atoms with Gasteiger partial charge in [-0.3, -0.25) is 0 Å². The Balaban J connectivity index is 3.03. The van der Waals surface area contributed by atoms with Crippen molar-refractivity contribution in [1.82, 2.24) is 0 Å². The number of anilines is 8. The predicted molar refractivity (Wildman–Crippen MR) is 113 cm³/mol. The maximum absolute atomic E-state index is 6.15. The van der Waals surface area contributed by atoms with E-state index in [0.29, 0.717) is 41.0 Å². The molecule has 16 N–H and O–H groups in total. The van der Waals surface area contributed by atoms with Crippen molar-refractivity contribution in [1.29, 1.82) is 0 Å². The van der Waals surface area contributed by atoms with Crippen molar-refractivity contribution < 1.29 is 0 Å². The van der Waals surface area contributed by atoms with E-state index < -0.39 is 0 Å². The van der Waals surface area contributed by atoms with Gasteiger partial charge in [-0.25, -0.2) is 0 Å². The molecule has 2 aromatic carbocycles. The molecule has 0 aliphatic rings. The molecule has 0 aliphatic carbocycles. The van der Waals surface area contributed by atoms with Gasteiger partial charge in [0.25, 0.3) is 0 Å². The molecule has 0 aliphatic heterocycles. The highest BCUT2D eigenvalue weighted by Crippen LogP contribution is 2.50. The number of nitrogens with two attached hydrogens (primary N) is 8. The zero-order chi connectivity index (χ0) is 16.9. The molecule has 0 atom stereocenters. The zero-order valence-electron chi connectivity index (χ0n) is 11.4. The van der Waals surface area contributed by atoms with Crippen LogP contribution < -0.4 is 45.9 Å². The van der Waals surface area contributed by atoms with E-state index in [1.807, 2.05) is 45.2 Å². The lowest BCUT2D eigenvalue weighted by atomic mass is 9.95. The first-order valence-electron chi connectivity index (χ1n) is 5.94. The van der Waals surface area contributed by atoms with Crippen LogP contribution in [0.2, 0.25) is 0 Å². The summed E-state index contributed by atoms with van der Waals surface area (Å²) in [6.07, 6.45) is 0. The van der Waals surface area contributed by atoms with E-state index in [4.69, 9.17) is 45.9 Å². The van der Waals surface area contributed by atoms with Gasteiger partial charge >= 0.3 is 0 Å². The summed E-state index contributed by atoms with van der Waals surface area (Å²) in [5, 5.41) is 0. The average molecular weight is 526 g/mol. The Morgan fingerprint density at radius 3 is 0.909 bits per heavy atom. The first kappa shape index (κ1) is 16.7. The summed E-state index contributed by atoms with van der Waals surface area (Å²) < 4.78 is 1.15. The van der Waals surface area contributed by atoms with Crippen LogP contribution in [0.1, 0.15) is 0 Å². The van der Waals surface area contributed by atoms with Crippen molar-refractivity contribution >= 4 is 90.7 Å². The molecule has 0 amide bonds. The van der Waals surface area contributed by atoms with E-state index in [1.165, 1.54) is 0 Å². The average Bonchev–Trinajstić information content (AvgIpc) is 2.50. The Bertz CT molecular complexity index is 677. The Hall–Kier alpha value is -1.70. The van der Waals surface area contributed by atoms with Crippen molar-refractivity contribution in [3.63, 3.8) is 0 Å². The fourth-order valence-electron chi connectivity index (χ4n) is 2.13. The molecule has 0 heterocycles. The van der Waals surface area contributed by atoms with Crippen molar-refractivity contribution in [3.05, 3.63) is 7.14 Å². The second kappa shape index (κ2) is 5.49. The maximum Gasteiger partial charge on any atom is 0.0800 e. The lowest BCUT2D eigenvalue weighted by Crippen LogP contribution is -2.12.